The average Bonchev–Trinajstić information content (AvgIpc) is 2.78. The molecule has 0 bridgehead atoms. The zero-order valence-electron chi connectivity index (χ0n) is 10.7. The number of anilines is 1. The summed E-state index contributed by atoms with van der Waals surface area (Å²) in [4.78, 5) is 12.3. The maximum absolute atomic E-state index is 12.3. The Hall–Kier alpha value is -0.670. The number of rotatable bonds is 3. The van der Waals surface area contributed by atoms with Gasteiger partial charge in [-0.3, -0.25) is 4.79 Å². The molecule has 1 saturated heterocycles. The summed E-state index contributed by atoms with van der Waals surface area (Å²) in [6, 6.07) is 7.73. The van der Waals surface area contributed by atoms with Gasteiger partial charge in [0.2, 0.25) is 5.91 Å². The molecule has 18 heavy (non-hydrogen) atoms. The van der Waals surface area contributed by atoms with Crippen LogP contribution in [0.2, 0.25) is 0 Å². The molecule has 1 aliphatic rings. The number of carbonyl (C=O) groups excluding carboxylic acids is 1. The number of nitrogens with one attached hydrogen (secondary N) is 1. The van der Waals surface area contributed by atoms with E-state index in [1.807, 2.05) is 38.1 Å². The molecule has 2 atom stereocenters. The maximum Gasteiger partial charge on any atom is 0.240 e. The summed E-state index contributed by atoms with van der Waals surface area (Å²) >= 11 is 7.87. The minimum Gasteiger partial charge on any atom is -0.325 e. The van der Waals surface area contributed by atoms with Crippen LogP contribution in [-0.2, 0) is 4.79 Å². The average molecular weight is 284 g/mol. The van der Waals surface area contributed by atoms with Crippen LogP contribution in [0.25, 0.3) is 0 Å². The van der Waals surface area contributed by atoms with E-state index in [0.29, 0.717) is 0 Å². The zero-order chi connectivity index (χ0) is 13.2. The fourth-order valence-electron chi connectivity index (χ4n) is 2.17. The highest BCUT2D eigenvalue weighted by atomic mass is 35.5. The number of para-hydroxylation sites is 1. The van der Waals surface area contributed by atoms with Gasteiger partial charge in [-0.15, -0.1) is 23.4 Å². The number of hydrogen-bond acceptors (Lipinski definition) is 2. The number of alkyl halides is 1. The Morgan fingerprint density at radius 2 is 2.22 bits per heavy atom. The second-order valence-electron chi connectivity index (χ2n) is 4.84. The molecule has 0 radical (unpaired) electrons. The lowest BCUT2D eigenvalue weighted by molar-refractivity contribution is -0.118. The molecule has 2 rings (SSSR count). The topological polar surface area (TPSA) is 29.1 Å². The van der Waals surface area contributed by atoms with E-state index in [9.17, 15) is 4.79 Å². The fraction of sp³-hybridized carbons (Fsp3) is 0.500. The molecule has 2 unspecified atom stereocenters. The lowest BCUT2D eigenvalue weighted by Crippen LogP contribution is -2.34. The SMILES string of the molecule is CC(Cl)c1ccccc1NC(=O)C1(C)CCCS1. The lowest BCUT2D eigenvalue weighted by Gasteiger charge is -2.22. The highest BCUT2D eigenvalue weighted by molar-refractivity contribution is 8.01. The minimum absolute atomic E-state index is 0.0924. The Kier molecular flexibility index (Phi) is 4.23. The molecule has 0 spiro atoms. The second kappa shape index (κ2) is 5.54. The van der Waals surface area contributed by atoms with Crippen molar-refractivity contribution in [2.75, 3.05) is 11.1 Å². The first-order valence-corrected chi connectivity index (χ1v) is 7.63. The van der Waals surface area contributed by atoms with Crippen LogP contribution in [0.4, 0.5) is 5.69 Å². The molecule has 1 aromatic carbocycles. The summed E-state index contributed by atoms with van der Waals surface area (Å²) < 4.78 is -0.289. The van der Waals surface area contributed by atoms with Gasteiger partial charge in [0.05, 0.1) is 10.1 Å². The first-order chi connectivity index (χ1) is 8.53. The molecule has 1 fully saturated rings. The van der Waals surface area contributed by atoms with Crippen molar-refractivity contribution in [3.63, 3.8) is 0 Å². The first-order valence-electron chi connectivity index (χ1n) is 6.21. The Balaban J connectivity index is 2.16. The molecule has 98 valence electrons. The van der Waals surface area contributed by atoms with Crippen LogP contribution in [0.15, 0.2) is 24.3 Å². The van der Waals surface area contributed by atoms with Gasteiger partial charge in [0.1, 0.15) is 0 Å². The number of thioether (sulfide) groups is 1. The first kappa shape index (κ1) is 13.8. The van der Waals surface area contributed by atoms with Crippen molar-refractivity contribution in [1.29, 1.82) is 0 Å². The van der Waals surface area contributed by atoms with Crippen LogP contribution >= 0.6 is 23.4 Å². The van der Waals surface area contributed by atoms with Crippen LogP contribution in [0.1, 0.15) is 37.6 Å². The van der Waals surface area contributed by atoms with E-state index in [1.165, 1.54) is 0 Å². The summed E-state index contributed by atoms with van der Waals surface area (Å²) in [6.07, 6.45) is 2.06. The summed E-state index contributed by atoms with van der Waals surface area (Å²) in [6.45, 7) is 3.94. The van der Waals surface area contributed by atoms with E-state index in [1.54, 1.807) is 11.8 Å². The van der Waals surface area contributed by atoms with Gasteiger partial charge < -0.3 is 5.32 Å². The van der Waals surface area contributed by atoms with E-state index < -0.39 is 0 Å². The van der Waals surface area contributed by atoms with Crippen LogP contribution in [0.3, 0.4) is 0 Å². The fourth-order valence-corrected chi connectivity index (χ4v) is 3.57. The summed E-state index contributed by atoms with van der Waals surface area (Å²) in [7, 11) is 0. The lowest BCUT2D eigenvalue weighted by atomic mass is 10.0. The summed E-state index contributed by atoms with van der Waals surface area (Å²) in [5.74, 6) is 1.16. The van der Waals surface area contributed by atoms with E-state index in [4.69, 9.17) is 11.6 Å². The van der Waals surface area contributed by atoms with Crippen LogP contribution in [0.5, 0.6) is 0 Å². The van der Waals surface area contributed by atoms with Crippen molar-refractivity contribution in [1.82, 2.24) is 0 Å². The van der Waals surface area contributed by atoms with E-state index in [-0.39, 0.29) is 16.0 Å². The molecule has 1 amide bonds. The van der Waals surface area contributed by atoms with Crippen molar-refractivity contribution in [3.8, 4) is 0 Å². The molecule has 0 aromatic heterocycles. The Morgan fingerprint density at radius 3 is 2.83 bits per heavy atom. The van der Waals surface area contributed by atoms with Crippen molar-refractivity contribution in [2.45, 2.75) is 36.8 Å². The van der Waals surface area contributed by atoms with Crippen LogP contribution in [-0.4, -0.2) is 16.4 Å². The van der Waals surface area contributed by atoms with Crippen molar-refractivity contribution in [2.24, 2.45) is 0 Å². The molecular weight excluding hydrogens is 266 g/mol. The van der Waals surface area contributed by atoms with Gasteiger partial charge in [0, 0.05) is 5.69 Å². The number of hydrogen-bond donors (Lipinski definition) is 1. The predicted molar refractivity (Wildman–Crippen MR) is 79.4 cm³/mol. The summed E-state index contributed by atoms with van der Waals surface area (Å²) in [5.41, 5.74) is 1.80. The normalized spacial score (nSPS) is 24.8. The Labute approximate surface area is 117 Å². The van der Waals surface area contributed by atoms with Gasteiger partial charge in [-0.05, 0) is 44.1 Å². The van der Waals surface area contributed by atoms with E-state index in [2.05, 4.69) is 5.32 Å². The van der Waals surface area contributed by atoms with Gasteiger partial charge in [-0.1, -0.05) is 18.2 Å². The molecule has 4 heteroatoms. The van der Waals surface area contributed by atoms with Gasteiger partial charge in [0.15, 0.2) is 0 Å². The quantitative estimate of drug-likeness (QED) is 0.842. The largest absolute Gasteiger partial charge is 0.325 e. The Bertz CT molecular complexity index is 441. The number of carbonyl (C=O) groups is 1. The molecule has 2 nitrogen and oxygen atoms in total. The molecule has 1 aliphatic heterocycles. The van der Waals surface area contributed by atoms with Gasteiger partial charge >= 0.3 is 0 Å². The molecule has 1 aromatic rings. The van der Waals surface area contributed by atoms with Crippen molar-refractivity contribution >= 4 is 35.0 Å². The van der Waals surface area contributed by atoms with E-state index >= 15 is 0 Å². The Morgan fingerprint density at radius 1 is 1.50 bits per heavy atom. The van der Waals surface area contributed by atoms with Crippen LogP contribution < -0.4 is 5.32 Å². The van der Waals surface area contributed by atoms with Crippen molar-refractivity contribution in [3.05, 3.63) is 29.8 Å². The zero-order valence-corrected chi connectivity index (χ0v) is 12.3. The minimum atomic E-state index is -0.289. The second-order valence-corrected chi connectivity index (χ2v) is 7.09. The van der Waals surface area contributed by atoms with Gasteiger partial charge in [0.25, 0.3) is 0 Å². The van der Waals surface area contributed by atoms with Gasteiger partial charge in [-0.25, -0.2) is 0 Å². The van der Waals surface area contributed by atoms with E-state index in [0.717, 1.165) is 29.8 Å². The molecule has 0 aliphatic carbocycles. The summed E-state index contributed by atoms with van der Waals surface area (Å²) in [5, 5.41) is 2.92. The predicted octanol–water partition coefficient (Wildman–Crippen LogP) is 4.21. The molecule has 0 saturated carbocycles. The molecule has 1 heterocycles. The molecular formula is C14H18ClNOS. The smallest absolute Gasteiger partial charge is 0.240 e. The third-order valence-corrected chi connectivity index (χ3v) is 5.09. The maximum atomic E-state index is 12.3. The molecule has 1 N–H and O–H groups in total. The van der Waals surface area contributed by atoms with Crippen molar-refractivity contribution < 1.29 is 4.79 Å². The standard InChI is InChI=1S/C14H18ClNOS/c1-10(15)11-6-3-4-7-12(11)16-13(17)14(2)8-5-9-18-14/h3-4,6-7,10H,5,8-9H2,1-2H3,(H,16,17). The van der Waals surface area contributed by atoms with Crippen LogP contribution in [0, 0.1) is 0 Å². The number of halogens is 1. The highest BCUT2D eigenvalue weighted by Crippen LogP contribution is 2.39. The monoisotopic (exact) mass is 283 g/mol. The number of benzene rings is 1. The number of amides is 1. The third kappa shape index (κ3) is 2.83. The van der Waals surface area contributed by atoms with Gasteiger partial charge in [-0.2, -0.15) is 0 Å². The highest BCUT2D eigenvalue weighted by Gasteiger charge is 2.37. The third-order valence-electron chi connectivity index (χ3n) is 3.34.